The van der Waals surface area contributed by atoms with E-state index in [1.54, 1.807) is 24.1 Å². The molecule has 0 saturated carbocycles. The summed E-state index contributed by atoms with van der Waals surface area (Å²) in [6, 6.07) is 12.1. The highest BCUT2D eigenvalue weighted by molar-refractivity contribution is 5.91. The zero-order valence-corrected chi connectivity index (χ0v) is 14.6. The summed E-state index contributed by atoms with van der Waals surface area (Å²) in [6.45, 7) is 5.09. The van der Waals surface area contributed by atoms with Crippen LogP contribution in [-0.4, -0.2) is 54.0 Å². The quantitative estimate of drug-likeness (QED) is 0.860. The Bertz CT molecular complexity index is 699. The summed E-state index contributed by atoms with van der Waals surface area (Å²) >= 11 is 0. The third-order valence-corrected chi connectivity index (χ3v) is 4.75. The van der Waals surface area contributed by atoms with Gasteiger partial charge in [0.15, 0.2) is 0 Å². The van der Waals surface area contributed by atoms with Gasteiger partial charge in [-0.2, -0.15) is 0 Å². The van der Waals surface area contributed by atoms with E-state index in [0.717, 1.165) is 18.8 Å². The highest BCUT2D eigenvalue weighted by Crippen LogP contribution is 2.21. The molecule has 1 aliphatic rings. The van der Waals surface area contributed by atoms with Crippen LogP contribution < -0.4 is 4.90 Å². The van der Waals surface area contributed by atoms with Crippen molar-refractivity contribution in [2.45, 2.75) is 13.0 Å². The van der Waals surface area contributed by atoms with Crippen molar-refractivity contribution in [3.63, 3.8) is 0 Å². The molecule has 1 fully saturated rings. The molecule has 1 saturated heterocycles. The lowest BCUT2D eigenvalue weighted by Gasteiger charge is -2.39. The van der Waals surface area contributed by atoms with Gasteiger partial charge in [0.1, 0.15) is 5.82 Å². The summed E-state index contributed by atoms with van der Waals surface area (Å²) in [5.74, 6) is -0.304. The van der Waals surface area contributed by atoms with Crippen molar-refractivity contribution in [1.29, 1.82) is 0 Å². The molecule has 25 heavy (non-hydrogen) atoms. The van der Waals surface area contributed by atoms with Gasteiger partial charge in [-0.1, -0.05) is 6.07 Å². The Morgan fingerprint density at radius 3 is 2.40 bits per heavy atom. The van der Waals surface area contributed by atoms with Crippen LogP contribution in [0, 0.1) is 5.82 Å². The van der Waals surface area contributed by atoms with E-state index in [1.165, 1.54) is 12.1 Å². The number of hydrogen-bond donors (Lipinski definition) is 0. The lowest BCUT2D eigenvalue weighted by atomic mass is 10.1. The van der Waals surface area contributed by atoms with Crippen LogP contribution in [0.4, 0.5) is 14.9 Å². The van der Waals surface area contributed by atoms with Crippen LogP contribution in [0.15, 0.2) is 48.7 Å². The van der Waals surface area contributed by atoms with E-state index >= 15 is 0 Å². The number of amides is 2. The fourth-order valence-electron chi connectivity index (χ4n) is 3.10. The number of aromatic nitrogens is 1. The van der Waals surface area contributed by atoms with Crippen molar-refractivity contribution in [3.8, 4) is 0 Å². The van der Waals surface area contributed by atoms with Gasteiger partial charge in [-0.15, -0.1) is 0 Å². The Balaban J connectivity index is 1.58. The molecule has 0 unspecified atom stereocenters. The van der Waals surface area contributed by atoms with E-state index in [2.05, 4.69) is 16.8 Å². The second-order valence-electron chi connectivity index (χ2n) is 6.27. The molecule has 6 heteroatoms. The number of rotatable bonds is 3. The van der Waals surface area contributed by atoms with Crippen molar-refractivity contribution in [2.24, 2.45) is 0 Å². The van der Waals surface area contributed by atoms with Crippen molar-refractivity contribution in [3.05, 3.63) is 60.2 Å². The molecule has 0 aliphatic carbocycles. The first-order valence-electron chi connectivity index (χ1n) is 8.49. The Morgan fingerprint density at radius 2 is 1.80 bits per heavy atom. The normalized spacial score (nSPS) is 16.5. The molecule has 1 aromatic carbocycles. The maximum atomic E-state index is 13.0. The topological polar surface area (TPSA) is 39.7 Å². The number of nitrogens with zero attached hydrogens (tertiary/aromatic N) is 4. The SMILES string of the molecule is C[C@H](c1ccccn1)N1CCN(C(=O)N(C)c2ccc(F)cc2)CC1. The highest BCUT2D eigenvalue weighted by Gasteiger charge is 2.27. The van der Waals surface area contributed by atoms with E-state index in [0.29, 0.717) is 18.8 Å². The number of carbonyl (C=O) groups excluding carboxylic acids is 1. The smallest absolute Gasteiger partial charge is 0.322 e. The van der Waals surface area contributed by atoms with Crippen LogP contribution >= 0.6 is 0 Å². The fourth-order valence-corrected chi connectivity index (χ4v) is 3.10. The average Bonchev–Trinajstić information content (AvgIpc) is 2.67. The summed E-state index contributed by atoms with van der Waals surface area (Å²) in [6.07, 6.45) is 1.81. The molecule has 2 heterocycles. The van der Waals surface area contributed by atoms with Crippen LogP contribution in [0.2, 0.25) is 0 Å². The first-order chi connectivity index (χ1) is 12.1. The zero-order chi connectivity index (χ0) is 17.8. The predicted molar refractivity (Wildman–Crippen MR) is 96.0 cm³/mol. The van der Waals surface area contributed by atoms with Crippen LogP contribution in [-0.2, 0) is 0 Å². The summed E-state index contributed by atoms with van der Waals surface area (Å²) in [5.41, 5.74) is 1.74. The van der Waals surface area contributed by atoms with Crippen molar-refractivity contribution < 1.29 is 9.18 Å². The molecular formula is C19H23FN4O. The number of hydrogen-bond acceptors (Lipinski definition) is 3. The van der Waals surface area contributed by atoms with E-state index in [-0.39, 0.29) is 17.9 Å². The molecule has 0 bridgehead atoms. The molecule has 1 atom stereocenters. The van der Waals surface area contributed by atoms with E-state index in [9.17, 15) is 9.18 Å². The van der Waals surface area contributed by atoms with Gasteiger partial charge in [0.25, 0.3) is 0 Å². The second-order valence-corrected chi connectivity index (χ2v) is 6.27. The minimum absolute atomic E-state index is 0.0586. The van der Waals surface area contributed by atoms with Gasteiger partial charge in [-0.05, 0) is 43.3 Å². The first-order valence-corrected chi connectivity index (χ1v) is 8.49. The number of carbonyl (C=O) groups is 1. The third kappa shape index (κ3) is 3.96. The number of urea groups is 1. The maximum Gasteiger partial charge on any atom is 0.324 e. The summed E-state index contributed by atoms with van der Waals surface area (Å²) in [7, 11) is 1.72. The van der Waals surface area contributed by atoms with Gasteiger partial charge in [0.2, 0.25) is 0 Å². The largest absolute Gasteiger partial charge is 0.324 e. The number of halogens is 1. The Morgan fingerprint density at radius 1 is 1.12 bits per heavy atom. The Labute approximate surface area is 147 Å². The number of anilines is 1. The van der Waals surface area contributed by atoms with Crippen LogP contribution in [0.3, 0.4) is 0 Å². The van der Waals surface area contributed by atoms with Crippen molar-refractivity contribution in [1.82, 2.24) is 14.8 Å². The fraction of sp³-hybridized carbons (Fsp3) is 0.368. The zero-order valence-electron chi connectivity index (χ0n) is 14.6. The molecule has 2 aromatic rings. The molecule has 2 amide bonds. The van der Waals surface area contributed by atoms with Crippen LogP contribution in [0.5, 0.6) is 0 Å². The van der Waals surface area contributed by atoms with Crippen LogP contribution in [0.25, 0.3) is 0 Å². The summed E-state index contributed by atoms with van der Waals surface area (Å²) in [5, 5.41) is 0. The molecule has 1 aromatic heterocycles. The van der Waals surface area contributed by atoms with Gasteiger partial charge in [-0.3, -0.25) is 14.8 Å². The molecule has 5 nitrogen and oxygen atoms in total. The van der Waals surface area contributed by atoms with Gasteiger partial charge >= 0.3 is 6.03 Å². The molecule has 0 spiro atoms. The summed E-state index contributed by atoms with van der Waals surface area (Å²) < 4.78 is 13.0. The monoisotopic (exact) mass is 342 g/mol. The minimum atomic E-state index is -0.304. The van der Waals surface area contributed by atoms with Gasteiger partial charge in [0.05, 0.1) is 5.69 Å². The van der Waals surface area contributed by atoms with Gasteiger partial charge in [-0.25, -0.2) is 9.18 Å². The highest BCUT2D eigenvalue weighted by atomic mass is 19.1. The number of piperazine rings is 1. The van der Waals surface area contributed by atoms with E-state index in [1.807, 2.05) is 29.3 Å². The molecule has 3 rings (SSSR count). The second kappa shape index (κ2) is 7.61. The van der Waals surface area contributed by atoms with Crippen molar-refractivity contribution in [2.75, 3.05) is 38.1 Å². The van der Waals surface area contributed by atoms with Crippen molar-refractivity contribution >= 4 is 11.7 Å². The lowest BCUT2D eigenvalue weighted by Crippen LogP contribution is -2.52. The summed E-state index contributed by atoms with van der Waals surface area (Å²) in [4.78, 5) is 22.8. The molecular weight excluding hydrogens is 319 g/mol. The molecule has 0 N–H and O–H groups in total. The minimum Gasteiger partial charge on any atom is -0.322 e. The molecule has 0 radical (unpaired) electrons. The first kappa shape index (κ1) is 17.4. The maximum absolute atomic E-state index is 13.0. The van der Waals surface area contributed by atoms with E-state index in [4.69, 9.17) is 0 Å². The Hall–Kier alpha value is -2.47. The predicted octanol–water partition coefficient (Wildman–Crippen LogP) is 3.16. The average molecular weight is 342 g/mol. The van der Waals surface area contributed by atoms with Crippen LogP contribution in [0.1, 0.15) is 18.7 Å². The van der Waals surface area contributed by atoms with Gasteiger partial charge < -0.3 is 4.90 Å². The number of benzene rings is 1. The lowest BCUT2D eigenvalue weighted by molar-refractivity contribution is 0.116. The third-order valence-electron chi connectivity index (χ3n) is 4.75. The Kier molecular flexibility index (Phi) is 5.28. The number of pyridine rings is 1. The molecule has 132 valence electrons. The standard InChI is InChI=1S/C19H23FN4O/c1-15(18-5-3-4-10-21-18)23-11-13-24(14-12-23)19(25)22(2)17-8-6-16(20)7-9-17/h3-10,15H,11-14H2,1-2H3/t15-/m1/s1. The van der Waals surface area contributed by atoms with Gasteiger partial charge in [0, 0.05) is 51.2 Å². The van der Waals surface area contributed by atoms with E-state index < -0.39 is 0 Å². The molecule has 1 aliphatic heterocycles.